The maximum absolute atomic E-state index is 12.2. The number of rotatable bonds is 7. The lowest BCUT2D eigenvalue weighted by Gasteiger charge is -2.20. The number of benzene rings is 1. The van der Waals surface area contributed by atoms with Gasteiger partial charge < -0.3 is 5.11 Å². The van der Waals surface area contributed by atoms with Gasteiger partial charge in [-0.2, -0.15) is 0 Å². The second-order valence-electron chi connectivity index (χ2n) is 4.57. The van der Waals surface area contributed by atoms with Gasteiger partial charge in [-0.25, -0.2) is 13.1 Å². The highest BCUT2D eigenvalue weighted by Gasteiger charge is 2.21. The number of aliphatic hydroxyl groups excluding tert-OH is 1. The molecular formula is C13H19Br2NO3S. The maximum atomic E-state index is 12.2. The van der Waals surface area contributed by atoms with Crippen LogP contribution in [0.5, 0.6) is 0 Å². The van der Waals surface area contributed by atoms with E-state index in [2.05, 4.69) is 36.6 Å². The van der Waals surface area contributed by atoms with Gasteiger partial charge in [0.2, 0.25) is 10.0 Å². The highest BCUT2D eigenvalue weighted by Crippen LogP contribution is 2.25. The average molecular weight is 429 g/mol. The first kappa shape index (κ1) is 18.1. The van der Waals surface area contributed by atoms with Gasteiger partial charge in [0.1, 0.15) is 0 Å². The highest BCUT2D eigenvalue weighted by molar-refractivity contribution is 9.11. The summed E-state index contributed by atoms with van der Waals surface area (Å²) in [5.41, 5.74) is 0. The average Bonchev–Trinajstić information content (AvgIpc) is 2.37. The van der Waals surface area contributed by atoms with Crippen LogP contribution in [-0.4, -0.2) is 26.2 Å². The van der Waals surface area contributed by atoms with E-state index in [0.717, 1.165) is 17.3 Å². The zero-order valence-corrected chi connectivity index (χ0v) is 15.4. The molecule has 0 bridgehead atoms. The first-order valence-corrected chi connectivity index (χ1v) is 9.51. The second kappa shape index (κ2) is 7.89. The van der Waals surface area contributed by atoms with E-state index in [9.17, 15) is 13.5 Å². The number of nitrogens with one attached hydrogen (secondary N) is 1. The molecule has 0 spiro atoms. The lowest BCUT2D eigenvalue weighted by atomic mass is 9.97. The summed E-state index contributed by atoms with van der Waals surface area (Å²) in [4.78, 5) is 0.164. The Kier molecular flexibility index (Phi) is 7.14. The van der Waals surface area contributed by atoms with Crippen molar-refractivity contribution in [1.82, 2.24) is 4.72 Å². The van der Waals surface area contributed by atoms with Crippen LogP contribution in [0.4, 0.5) is 0 Å². The Morgan fingerprint density at radius 2 is 1.85 bits per heavy atom. The highest BCUT2D eigenvalue weighted by atomic mass is 79.9. The van der Waals surface area contributed by atoms with Crippen molar-refractivity contribution < 1.29 is 13.5 Å². The molecule has 0 aliphatic carbocycles. The molecule has 20 heavy (non-hydrogen) atoms. The number of halogens is 2. The predicted molar refractivity (Wildman–Crippen MR) is 87.1 cm³/mol. The Balaban J connectivity index is 2.80. The lowest BCUT2D eigenvalue weighted by molar-refractivity contribution is 0.107. The molecule has 0 fully saturated rings. The fourth-order valence-corrected chi connectivity index (χ4v) is 4.76. The van der Waals surface area contributed by atoms with Crippen molar-refractivity contribution in [2.45, 2.75) is 37.7 Å². The van der Waals surface area contributed by atoms with Gasteiger partial charge in [-0.15, -0.1) is 0 Å². The van der Waals surface area contributed by atoms with Gasteiger partial charge in [-0.3, -0.25) is 0 Å². The van der Waals surface area contributed by atoms with Crippen molar-refractivity contribution in [1.29, 1.82) is 0 Å². The van der Waals surface area contributed by atoms with E-state index in [4.69, 9.17) is 0 Å². The monoisotopic (exact) mass is 427 g/mol. The van der Waals surface area contributed by atoms with Gasteiger partial charge in [0.25, 0.3) is 0 Å². The third-order valence-electron chi connectivity index (χ3n) is 3.26. The molecular weight excluding hydrogens is 410 g/mol. The molecule has 1 rings (SSSR count). The molecule has 4 nitrogen and oxygen atoms in total. The SMILES string of the molecule is CCC(CC)C(O)CNS(=O)(=O)c1ccc(Br)cc1Br. The topological polar surface area (TPSA) is 66.4 Å². The Morgan fingerprint density at radius 3 is 2.35 bits per heavy atom. The Hall–Kier alpha value is 0.0500. The molecule has 2 N–H and O–H groups in total. The van der Waals surface area contributed by atoms with Gasteiger partial charge in [0, 0.05) is 15.5 Å². The summed E-state index contributed by atoms with van der Waals surface area (Å²) < 4.78 is 28.1. The van der Waals surface area contributed by atoms with Crippen molar-refractivity contribution in [2.24, 2.45) is 5.92 Å². The van der Waals surface area contributed by atoms with Crippen molar-refractivity contribution in [2.75, 3.05) is 6.54 Å². The third-order valence-corrected chi connectivity index (χ3v) is 6.15. The summed E-state index contributed by atoms with van der Waals surface area (Å²) in [5.74, 6) is 0.103. The fourth-order valence-electron chi connectivity index (χ4n) is 1.97. The summed E-state index contributed by atoms with van der Waals surface area (Å²) >= 11 is 6.51. The molecule has 0 amide bonds. The van der Waals surface area contributed by atoms with E-state index in [1.165, 1.54) is 6.07 Å². The number of hydrogen-bond acceptors (Lipinski definition) is 3. The minimum atomic E-state index is -3.63. The number of aliphatic hydroxyl groups is 1. The van der Waals surface area contributed by atoms with Gasteiger partial charge in [-0.05, 0) is 40.0 Å². The van der Waals surface area contributed by atoms with Gasteiger partial charge >= 0.3 is 0 Å². The zero-order chi connectivity index (χ0) is 15.3. The Labute approximate surface area is 137 Å². The van der Waals surface area contributed by atoms with E-state index in [1.807, 2.05) is 13.8 Å². The lowest BCUT2D eigenvalue weighted by Crippen LogP contribution is -2.36. The molecule has 0 aliphatic rings. The zero-order valence-electron chi connectivity index (χ0n) is 11.4. The van der Waals surface area contributed by atoms with Crippen LogP contribution in [-0.2, 0) is 10.0 Å². The summed E-state index contributed by atoms with van der Waals surface area (Å²) in [5, 5.41) is 9.99. The van der Waals surface area contributed by atoms with E-state index < -0.39 is 16.1 Å². The number of sulfonamides is 1. The third kappa shape index (κ3) is 4.80. The fraction of sp³-hybridized carbons (Fsp3) is 0.538. The molecule has 0 heterocycles. The van der Waals surface area contributed by atoms with Crippen LogP contribution in [0.15, 0.2) is 32.0 Å². The van der Waals surface area contributed by atoms with E-state index in [1.54, 1.807) is 12.1 Å². The Morgan fingerprint density at radius 1 is 1.25 bits per heavy atom. The molecule has 1 atom stereocenters. The molecule has 0 saturated carbocycles. The summed E-state index contributed by atoms with van der Waals surface area (Å²) in [6, 6.07) is 4.85. The minimum Gasteiger partial charge on any atom is -0.391 e. The van der Waals surface area contributed by atoms with E-state index in [-0.39, 0.29) is 17.4 Å². The van der Waals surface area contributed by atoms with Crippen molar-refractivity contribution in [3.63, 3.8) is 0 Å². The molecule has 0 aliphatic heterocycles. The first-order chi connectivity index (χ1) is 9.31. The molecule has 0 radical (unpaired) electrons. The molecule has 1 unspecified atom stereocenters. The predicted octanol–water partition coefficient (Wildman–Crippen LogP) is 3.29. The van der Waals surface area contributed by atoms with E-state index >= 15 is 0 Å². The summed E-state index contributed by atoms with van der Waals surface area (Å²) in [7, 11) is -3.63. The van der Waals surface area contributed by atoms with Crippen LogP contribution in [0, 0.1) is 5.92 Å². The quantitative estimate of drug-likeness (QED) is 0.700. The molecule has 1 aromatic rings. The number of hydrogen-bond donors (Lipinski definition) is 2. The van der Waals surface area contributed by atoms with Crippen LogP contribution in [0.2, 0.25) is 0 Å². The minimum absolute atomic E-state index is 0.0250. The van der Waals surface area contributed by atoms with Crippen LogP contribution in [0.1, 0.15) is 26.7 Å². The normalized spacial score (nSPS) is 13.7. The summed E-state index contributed by atoms with van der Waals surface area (Å²) in [6.45, 7) is 3.99. The second-order valence-corrected chi connectivity index (χ2v) is 8.08. The van der Waals surface area contributed by atoms with Gasteiger partial charge in [0.15, 0.2) is 0 Å². The molecule has 114 valence electrons. The van der Waals surface area contributed by atoms with Crippen LogP contribution >= 0.6 is 31.9 Å². The van der Waals surface area contributed by atoms with Gasteiger partial charge in [0.05, 0.1) is 11.0 Å². The van der Waals surface area contributed by atoms with Crippen molar-refractivity contribution in [3.05, 3.63) is 27.1 Å². The first-order valence-electron chi connectivity index (χ1n) is 6.44. The Bertz CT molecular complexity index is 545. The van der Waals surface area contributed by atoms with Crippen LogP contribution in [0.3, 0.4) is 0 Å². The maximum Gasteiger partial charge on any atom is 0.241 e. The molecule has 0 saturated heterocycles. The van der Waals surface area contributed by atoms with E-state index in [0.29, 0.717) is 4.47 Å². The van der Waals surface area contributed by atoms with Gasteiger partial charge in [-0.1, -0.05) is 42.6 Å². The molecule has 0 aromatic heterocycles. The van der Waals surface area contributed by atoms with Crippen molar-refractivity contribution >= 4 is 41.9 Å². The molecule has 1 aromatic carbocycles. The smallest absolute Gasteiger partial charge is 0.241 e. The molecule has 7 heteroatoms. The van der Waals surface area contributed by atoms with Crippen molar-refractivity contribution in [3.8, 4) is 0 Å². The van der Waals surface area contributed by atoms with Crippen LogP contribution < -0.4 is 4.72 Å². The van der Waals surface area contributed by atoms with Crippen LogP contribution in [0.25, 0.3) is 0 Å². The standard InChI is InChI=1S/C13H19Br2NO3S/c1-3-9(4-2)12(17)8-16-20(18,19)13-6-5-10(14)7-11(13)15/h5-7,9,12,16-17H,3-4,8H2,1-2H3. The summed E-state index contributed by atoms with van der Waals surface area (Å²) in [6.07, 6.45) is 0.969. The largest absolute Gasteiger partial charge is 0.391 e.